The molecule has 1 aromatic carbocycles. The Morgan fingerprint density at radius 2 is 1.97 bits per heavy atom. The number of hydrogen-bond donors (Lipinski definition) is 3. The van der Waals surface area contributed by atoms with Crippen molar-refractivity contribution in [3.05, 3.63) is 45.9 Å². The van der Waals surface area contributed by atoms with Gasteiger partial charge in [0.15, 0.2) is 10.2 Å². The highest BCUT2D eigenvalue weighted by Gasteiger charge is 2.58. The molecule has 8 heteroatoms. The lowest BCUT2D eigenvalue weighted by Gasteiger charge is -2.56. The van der Waals surface area contributed by atoms with Gasteiger partial charge in [0.25, 0.3) is 0 Å². The number of allylic oxidation sites excluding steroid dienone is 2. The zero-order valence-electron chi connectivity index (χ0n) is 20.2. The third-order valence-electron chi connectivity index (χ3n) is 9.45. The molecule has 0 radical (unpaired) electrons. The van der Waals surface area contributed by atoms with Crippen molar-refractivity contribution < 1.29 is 0 Å². The first-order valence-corrected chi connectivity index (χ1v) is 14.2. The highest BCUT2D eigenvalue weighted by Crippen LogP contribution is 2.65. The van der Waals surface area contributed by atoms with Crippen molar-refractivity contribution in [3.63, 3.8) is 0 Å². The van der Waals surface area contributed by atoms with Crippen molar-refractivity contribution in [2.75, 3.05) is 5.32 Å². The molecular formula is C27H32ClN5S2. The fourth-order valence-electron chi connectivity index (χ4n) is 7.70. The average Bonchev–Trinajstić information content (AvgIpc) is 3.39. The van der Waals surface area contributed by atoms with E-state index in [1.54, 1.807) is 11.3 Å². The van der Waals surface area contributed by atoms with Gasteiger partial charge in [-0.05, 0) is 98.0 Å². The van der Waals surface area contributed by atoms with E-state index >= 15 is 0 Å². The van der Waals surface area contributed by atoms with Crippen LogP contribution in [0, 0.1) is 28.6 Å². The number of nitrogens with two attached hydrogens (primary N) is 1. The Balaban J connectivity index is 1.29. The Morgan fingerprint density at radius 3 is 2.77 bits per heavy atom. The van der Waals surface area contributed by atoms with E-state index in [0.29, 0.717) is 17.8 Å². The van der Waals surface area contributed by atoms with Crippen LogP contribution in [0.5, 0.6) is 0 Å². The number of rotatable bonds is 3. The zero-order chi connectivity index (χ0) is 24.4. The molecule has 4 N–H and O–H groups in total. The van der Waals surface area contributed by atoms with Crippen LogP contribution in [-0.2, 0) is 6.42 Å². The van der Waals surface area contributed by atoms with Crippen molar-refractivity contribution in [1.29, 1.82) is 0 Å². The molecule has 0 saturated heterocycles. The van der Waals surface area contributed by atoms with Crippen LogP contribution in [0.2, 0.25) is 5.02 Å². The molecule has 0 amide bonds. The first kappa shape index (κ1) is 23.4. The van der Waals surface area contributed by atoms with E-state index in [1.165, 1.54) is 47.5 Å². The van der Waals surface area contributed by atoms with Crippen molar-refractivity contribution >= 4 is 62.4 Å². The molecule has 6 rings (SSSR count). The zero-order valence-corrected chi connectivity index (χ0v) is 22.6. The Labute approximate surface area is 221 Å². The second-order valence-corrected chi connectivity index (χ2v) is 12.9. The van der Waals surface area contributed by atoms with Gasteiger partial charge in [0.2, 0.25) is 0 Å². The number of aryl methyl sites for hydroxylation is 1. The monoisotopic (exact) mass is 525 g/mol. The van der Waals surface area contributed by atoms with Crippen LogP contribution in [0.1, 0.15) is 62.9 Å². The van der Waals surface area contributed by atoms with E-state index in [9.17, 15) is 0 Å². The summed E-state index contributed by atoms with van der Waals surface area (Å²) in [5.74, 6) is 2.08. The van der Waals surface area contributed by atoms with Gasteiger partial charge in [-0.2, -0.15) is 5.10 Å². The lowest BCUT2D eigenvalue weighted by molar-refractivity contribution is 0.0116. The fraction of sp³-hybridized carbons (Fsp3) is 0.519. The summed E-state index contributed by atoms with van der Waals surface area (Å²) in [6, 6.07) is 7.87. The summed E-state index contributed by atoms with van der Waals surface area (Å²) in [5.41, 5.74) is 13.8. The van der Waals surface area contributed by atoms with E-state index < -0.39 is 0 Å². The van der Waals surface area contributed by atoms with Crippen LogP contribution < -0.4 is 16.5 Å². The fourth-order valence-corrected chi connectivity index (χ4v) is 9.13. The summed E-state index contributed by atoms with van der Waals surface area (Å²) in [6.45, 7) is 4.96. The molecule has 2 fully saturated rings. The average molecular weight is 526 g/mol. The number of anilines is 2. The number of nitrogens with one attached hydrogen (secondary N) is 2. The van der Waals surface area contributed by atoms with Gasteiger partial charge < -0.3 is 11.1 Å². The minimum atomic E-state index is 0.150. The van der Waals surface area contributed by atoms with Gasteiger partial charge in [-0.1, -0.05) is 55.0 Å². The molecule has 184 valence electrons. The van der Waals surface area contributed by atoms with E-state index in [0.717, 1.165) is 35.1 Å². The number of halogens is 1. The van der Waals surface area contributed by atoms with Crippen molar-refractivity contribution in [3.8, 4) is 0 Å². The smallest absolute Gasteiger partial charge is 0.187 e. The number of nitrogens with zero attached hydrogens (tertiary/aromatic N) is 2. The van der Waals surface area contributed by atoms with Gasteiger partial charge in [0.05, 0.1) is 21.3 Å². The molecule has 0 unspecified atom stereocenters. The van der Waals surface area contributed by atoms with Crippen molar-refractivity contribution in [2.24, 2.45) is 39.4 Å². The number of fused-ring (bicyclic) bond motifs is 7. The molecule has 5 atom stereocenters. The topological polar surface area (TPSA) is 75.3 Å². The maximum Gasteiger partial charge on any atom is 0.187 e. The lowest BCUT2D eigenvalue weighted by Crippen LogP contribution is -2.49. The van der Waals surface area contributed by atoms with Crippen LogP contribution in [-0.4, -0.2) is 15.8 Å². The molecule has 0 aliphatic heterocycles. The van der Waals surface area contributed by atoms with Gasteiger partial charge in [0, 0.05) is 11.1 Å². The van der Waals surface area contributed by atoms with Gasteiger partial charge in [-0.15, -0.1) is 0 Å². The van der Waals surface area contributed by atoms with Crippen molar-refractivity contribution in [1.82, 2.24) is 10.4 Å². The molecule has 0 bridgehead atoms. The highest BCUT2D eigenvalue weighted by atomic mass is 35.5. The molecule has 5 nitrogen and oxygen atoms in total. The Kier molecular flexibility index (Phi) is 5.73. The number of thiocarbonyl (C=S) groups is 1. The minimum absolute atomic E-state index is 0.150. The summed E-state index contributed by atoms with van der Waals surface area (Å²) >= 11 is 13.2. The van der Waals surface area contributed by atoms with Gasteiger partial charge in [-0.3, -0.25) is 5.43 Å². The maximum absolute atomic E-state index is 6.39. The Hall–Kier alpha value is -1.96. The first-order valence-electron chi connectivity index (χ1n) is 12.6. The molecule has 4 aliphatic carbocycles. The third kappa shape index (κ3) is 3.73. The second kappa shape index (κ2) is 8.56. The van der Waals surface area contributed by atoms with Crippen LogP contribution >= 0.6 is 35.2 Å². The number of hydrogen-bond acceptors (Lipinski definition) is 5. The van der Waals surface area contributed by atoms with Crippen LogP contribution in [0.25, 0.3) is 5.57 Å². The standard InChI is InChI=1S/C27H32ClN5S2/c1-26-14-12-21-23(35-25(31-21)30-20-6-4-3-5-19(20)28)18(26)8-7-15-16-9-10-22(32-33-24(29)34)27(16,2)13-11-17(15)26/h3-6,8,15-17H,7,9-14H2,1-2H3,(H,30,31)(H3,29,33,34)/b32-22+/t15-,16-,17-,26+,27-/m0/s1. The second-order valence-electron chi connectivity index (χ2n) is 11.1. The highest BCUT2D eigenvalue weighted by molar-refractivity contribution is 7.80. The molecule has 1 heterocycles. The molecule has 2 aromatic rings. The van der Waals surface area contributed by atoms with Crippen LogP contribution in [0.3, 0.4) is 0 Å². The summed E-state index contributed by atoms with van der Waals surface area (Å²) in [4.78, 5) is 6.37. The van der Waals surface area contributed by atoms with Crippen LogP contribution in [0.4, 0.5) is 10.8 Å². The summed E-state index contributed by atoms with van der Waals surface area (Å²) in [6.07, 6.45) is 10.6. The van der Waals surface area contributed by atoms with E-state index in [2.05, 4.69) is 35.8 Å². The molecule has 35 heavy (non-hydrogen) atoms. The van der Waals surface area contributed by atoms with Gasteiger partial charge in [0.1, 0.15) is 0 Å². The number of aromatic nitrogens is 1. The quantitative estimate of drug-likeness (QED) is 0.300. The maximum atomic E-state index is 6.39. The summed E-state index contributed by atoms with van der Waals surface area (Å²) in [7, 11) is 0. The molecule has 4 aliphatic rings. The lowest BCUT2D eigenvalue weighted by atomic mass is 9.48. The van der Waals surface area contributed by atoms with E-state index in [4.69, 9.17) is 34.5 Å². The number of para-hydroxylation sites is 1. The van der Waals surface area contributed by atoms with E-state index in [1.807, 2.05) is 24.3 Å². The van der Waals surface area contributed by atoms with Gasteiger partial charge in [-0.25, -0.2) is 4.98 Å². The predicted molar refractivity (Wildman–Crippen MR) is 150 cm³/mol. The first-order chi connectivity index (χ1) is 16.8. The molecule has 2 saturated carbocycles. The number of thiazole rings is 1. The Bertz CT molecular complexity index is 1250. The Morgan fingerprint density at radius 1 is 1.17 bits per heavy atom. The number of benzene rings is 1. The largest absolute Gasteiger partial charge is 0.375 e. The van der Waals surface area contributed by atoms with E-state index in [-0.39, 0.29) is 15.9 Å². The molecule has 0 spiro atoms. The van der Waals surface area contributed by atoms with Crippen molar-refractivity contribution in [2.45, 2.75) is 58.8 Å². The summed E-state index contributed by atoms with van der Waals surface area (Å²) < 4.78 is 0. The number of hydrazone groups is 1. The normalized spacial score (nSPS) is 34.3. The predicted octanol–water partition coefficient (Wildman–Crippen LogP) is 6.91. The third-order valence-corrected chi connectivity index (χ3v) is 10.9. The van der Waals surface area contributed by atoms with Gasteiger partial charge >= 0.3 is 0 Å². The SMILES string of the molecule is C[C@]12CCc3nc(Nc4ccccc4Cl)sc3C1=CC[C@@H]1[C@@H]2CC[C@]2(C)/C(=N/NC(N)=S)CC[C@@H]12. The molecule has 1 aromatic heterocycles. The van der Waals surface area contributed by atoms with Crippen LogP contribution in [0.15, 0.2) is 35.4 Å². The summed E-state index contributed by atoms with van der Waals surface area (Å²) in [5, 5.41) is 10.0. The molecular weight excluding hydrogens is 494 g/mol. The minimum Gasteiger partial charge on any atom is -0.375 e.